The second kappa shape index (κ2) is 5.50. The van der Waals surface area contributed by atoms with Gasteiger partial charge in [0.05, 0.1) is 0 Å². The second-order valence-corrected chi connectivity index (χ2v) is 4.38. The Balaban J connectivity index is 2.14. The lowest BCUT2D eigenvalue weighted by molar-refractivity contribution is 0.211. The zero-order chi connectivity index (χ0) is 14.7. The summed E-state index contributed by atoms with van der Waals surface area (Å²) in [6.07, 6.45) is 0.639. The maximum absolute atomic E-state index is 10.9. The molecule has 0 fully saturated rings. The highest BCUT2D eigenvalue weighted by Crippen LogP contribution is 2.34. The molecule has 104 valence electrons. The number of rotatable bonds is 3. The van der Waals surface area contributed by atoms with E-state index >= 15 is 0 Å². The highest BCUT2D eigenvalue weighted by Gasteiger charge is 2.12. The molecule has 3 rings (SSSR count). The molecule has 1 heterocycles. The van der Waals surface area contributed by atoms with E-state index in [1.165, 1.54) is 6.26 Å². The molecule has 0 radical (unpaired) electrons. The molecular weight excluding hydrogens is 268 g/mol. The topological polar surface area (TPSA) is 78.4 Å². The monoisotopic (exact) mass is 280 g/mol. The number of hydrogen-bond donors (Lipinski definition) is 1. The summed E-state index contributed by atoms with van der Waals surface area (Å²) in [5, 5.41) is 3.95. The van der Waals surface area contributed by atoms with Gasteiger partial charge in [0.15, 0.2) is 0 Å². The quantitative estimate of drug-likeness (QED) is 0.796. The Morgan fingerprint density at radius 2 is 1.86 bits per heavy atom. The molecule has 5 nitrogen and oxygen atoms in total. The van der Waals surface area contributed by atoms with Crippen LogP contribution in [0.4, 0.5) is 4.79 Å². The SMILES string of the molecule is NC(=O)Oc1ccc(-c2ccccc2)c(-c2ccon2)c1. The molecule has 0 unspecified atom stereocenters. The van der Waals surface area contributed by atoms with Crippen molar-refractivity contribution in [3.05, 3.63) is 60.9 Å². The third kappa shape index (κ3) is 2.76. The first-order valence-electron chi connectivity index (χ1n) is 6.31. The number of ether oxygens (including phenoxy) is 1. The van der Waals surface area contributed by atoms with Crippen LogP contribution in [0.5, 0.6) is 5.75 Å². The molecule has 1 amide bonds. The molecule has 0 saturated carbocycles. The van der Waals surface area contributed by atoms with E-state index in [0.717, 1.165) is 16.7 Å². The summed E-state index contributed by atoms with van der Waals surface area (Å²) in [5.74, 6) is 0.361. The summed E-state index contributed by atoms with van der Waals surface area (Å²) in [6.45, 7) is 0. The number of amides is 1. The number of carbonyl (C=O) groups excluding carboxylic acids is 1. The lowest BCUT2D eigenvalue weighted by Crippen LogP contribution is -2.16. The smallest absolute Gasteiger partial charge is 0.409 e. The molecule has 21 heavy (non-hydrogen) atoms. The highest BCUT2D eigenvalue weighted by atomic mass is 16.5. The largest absolute Gasteiger partial charge is 0.410 e. The van der Waals surface area contributed by atoms with Gasteiger partial charge in [-0.2, -0.15) is 0 Å². The van der Waals surface area contributed by atoms with Crippen LogP contribution in [0.25, 0.3) is 22.4 Å². The van der Waals surface area contributed by atoms with Crippen LogP contribution < -0.4 is 10.5 Å². The van der Waals surface area contributed by atoms with Crippen molar-refractivity contribution in [3.8, 4) is 28.1 Å². The molecule has 0 saturated heterocycles. The number of carbonyl (C=O) groups is 1. The molecule has 5 heteroatoms. The fraction of sp³-hybridized carbons (Fsp3) is 0. The van der Waals surface area contributed by atoms with Gasteiger partial charge in [-0.15, -0.1) is 0 Å². The van der Waals surface area contributed by atoms with Gasteiger partial charge in [0.2, 0.25) is 0 Å². The number of nitrogens with two attached hydrogens (primary N) is 1. The van der Waals surface area contributed by atoms with Crippen LogP contribution in [0.1, 0.15) is 0 Å². The average molecular weight is 280 g/mol. The minimum absolute atomic E-state index is 0.361. The molecular formula is C16H12N2O3. The van der Waals surface area contributed by atoms with Crippen molar-refractivity contribution in [1.82, 2.24) is 5.16 Å². The van der Waals surface area contributed by atoms with Gasteiger partial charge in [-0.1, -0.05) is 35.5 Å². The third-order valence-corrected chi connectivity index (χ3v) is 3.01. The number of hydrogen-bond acceptors (Lipinski definition) is 4. The molecule has 0 spiro atoms. The van der Waals surface area contributed by atoms with Crippen LogP contribution in [0.15, 0.2) is 65.4 Å². The second-order valence-electron chi connectivity index (χ2n) is 4.38. The fourth-order valence-electron chi connectivity index (χ4n) is 2.14. The Kier molecular flexibility index (Phi) is 3.39. The first-order valence-corrected chi connectivity index (χ1v) is 6.31. The van der Waals surface area contributed by atoms with Crippen LogP contribution >= 0.6 is 0 Å². The minimum atomic E-state index is -0.853. The van der Waals surface area contributed by atoms with E-state index < -0.39 is 6.09 Å². The van der Waals surface area contributed by atoms with Gasteiger partial charge in [-0.3, -0.25) is 0 Å². The van der Waals surface area contributed by atoms with E-state index in [1.54, 1.807) is 18.2 Å². The van der Waals surface area contributed by atoms with Gasteiger partial charge in [0.1, 0.15) is 17.7 Å². The number of nitrogens with zero attached hydrogens (tertiary/aromatic N) is 1. The van der Waals surface area contributed by atoms with Gasteiger partial charge < -0.3 is 15.0 Å². The van der Waals surface area contributed by atoms with Gasteiger partial charge in [-0.25, -0.2) is 4.79 Å². The minimum Gasteiger partial charge on any atom is -0.410 e. The standard InChI is InChI=1S/C16H12N2O3/c17-16(19)21-12-6-7-13(11-4-2-1-3-5-11)14(10-12)15-8-9-20-18-15/h1-10H,(H2,17,19). The predicted octanol–water partition coefficient (Wildman–Crippen LogP) is 3.47. The van der Waals surface area contributed by atoms with Crippen molar-refractivity contribution in [3.63, 3.8) is 0 Å². The van der Waals surface area contributed by atoms with E-state index in [4.69, 9.17) is 15.0 Å². The van der Waals surface area contributed by atoms with Crippen molar-refractivity contribution >= 4 is 6.09 Å². The first kappa shape index (κ1) is 12.9. The Morgan fingerprint density at radius 1 is 1.05 bits per heavy atom. The zero-order valence-electron chi connectivity index (χ0n) is 11.0. The van der Waals surface area contributed by atoms with E-state index in [-0.39, 0.29) is 0 Å². The van der Waals surface area contributed by atoms with E-state index in [1.807, 2.05) is 36.4 Å². The van der Waals surface area contributed by atoms with E-state index in [2.05, 4.69) is 5.16 Å². The van der Waals surface area contributed by atoms with Gasteiger partial charge in [0, 0.05) is 11.6 Å². The van der Waals surface area contributed by atoms with Crippen LogP contribution in [-0.4, -0.2) is 11.2 Å². The Morgan fingerprint density at radius 3 is 2.52 bits per heavy atom. The maximum atomic E-state index is 10.9. The van der Waals surface area contributed by atoms with Gasteiger partial charge in [0.25, 0.3) is 0 Å². The fourth-order valence-corrected chi connectivity index (χ4v) is 2.14. The third-order valence-electron chi connectivity index (χ3n) is 3.01. The van der Waals surface area contributed by atoms with Crippen LogP contribution in [0.3, 0.4) is 0 Å². The Labute approximate surface area is 120 Å². The predicted molar refractivity (Wildman–Crippen MR) is 77.6 cm³/mol. The Bertz CT molecular complexity index is 752. The summed E-state index contributed by atoms with van der Waals surface area (Å²) in [7, 11) is 0. The molecule has 0 atom stereocenters. The van der Waals surface area contributed by atoms with Crippen molar-refractivity contribution in [2.45, 2.75) is 0 Å². The van der Waals surface area contributed by atoms with Gasteiger partial charge in [-0.05, 0) is 29.3 Å². The molecule has 0 aliphatic heterocycles. The maximum Gasteiger partial charge on any atom is 0.409 e. The molecule has 0 aliphatic carbocycles. The molecule has 2 N–H and O–H groups in total. The van der Waals surface area contributed by atoms with Crippen molar-refractivity contribution < 1.29 is 14.1 Å². The van der Waals surface area contributed by atoms with Gasteiger partial charge >= 0.3 is 6.09 Å². The summed E-state index contributed by atoms with van der Waals surface area (Å²) < 4.78 is 9.82. The van der Waals surface area contributed by atoms with Crippen LogP contribution in [-0.2, 0) is 0 Å². The van der Waals surface area contributed by atoms with Crippen LogP contribution in [0, 0.1) is 0 Å². The zero-order valence-corrected chi connectivity index (χ0v) is 11.0. The lowest BCUT2D eigenvalue weighted by Gasteiger charge is -2.10. The number of aromatic nitrogens is 1. The normalized spacial score (nSPS) is 10.3. The van der Waals surface area contributed by atoms with Crippen molar-refractivity contribution in [1.29, 1.82) is 0 Å². The lowest BCUT2D eigenvalue weighted by atomic mass is 9.97. The average Bonchev–Trinajstić information content (AvgIpc) is 3.01. The molecule has 0 bridgehead atoms. The summed E-state index contributed by atoms with van der Waals surface area (Å²) in [6, 6.07) is 16.9. The number of primary amides is 1. The van der Waals surface area contributed by atoms with E-state index in [9.17, 15) is 4.79 Å². The highest BCUT2D eigenvalue weighted by molar-refractivity contribution is 5.83. The Hall–Kier alpha value is -3.08. The molecule has 2 aromatic carbocycles. The molecule has 0 aliphatic rings. The van der Waals surface area contributed by atoms with E-state index in [0.29, 0.717) is 11.4 Å². The first-order chi connectivity index (χ1) is 10.2. The molecule has 3 aromatic rings. The summed E-state index contributed by atoms with van der Waals surface area (Å²) in [4.78, 5) is 10.9. The van der Waals surface area contributed by atoms with Crippen LogP contribution in [0.2, 0.25) is 0 Å². The van der Waals surface area contributed by atoms with Crippen molar-refractivity contribution in [2.75, 3.05) is 0 Å². The summed E-state index contributed by atoms with van der Waals surface area (Å²) in [5.41, 5.74) is 8.49. The molecule has 1 aromatic heterocycles. The number of benzene rings is 2. The van der Waals surface area contributed by atoms with Crippen molar-refractivity contribution in [2.24, 2.45) is 5.73 Å². The summed E-state index contributed by atoms with van der Waals surface area (Å²) >= 11 is 0.